The molecule has 0 spiro atoms. The van der Waals surface area contributed by atoms with Crippen LogP contribution in [0.15, 0.2) is 52.4 Å². The number of aromatic nitrogens is 2. The first-order valence-corrected chi connectivity index (χ1v) is 11.2. The van der Waals surface area contributed by atoms with Crippen LogP contribution in [-0.2, 0) is 4.79 Å². The maximum Gasteiger partial charge on any atom is 0.266 e. The second-order valence-electron chi connectivity index (χ2n) is 7.02. The summed E-state index contributed by atoms with van der Waals surface area (Å²) in [5, 5.41) is 19.0. The Labute approximate surface area is 194 Å². The van der Waals surface area contributed by atoms with Crippen molar-refractivity contribution < 1.29 is 4.79 Å². The first-order chi connectivity index (χ1) is 15.4. The van der Waals surface area contributed by atoms with E-state index in [0.717, 1.165) is 17.3 Å². The van der Waals surface area contributed by atoms with Gasteiger partial charge in [0.25, 0.3) is 5.56 Å². The van der Waals surface area contributed by atoms with Gasteiger partial charge in [-0.15, -0.1) is 0 Å². The van der Waals surface area contributed by atoms with Crippen LogP contribution in [0, 0.1) is 29.6 Å². The predicted molar refractivity (Wildman–Crippen MR) is 125 cm³/mol. The second kappa shape index (κ2) is 10.8. The van der Waals surface area contributed by atoms with Gasteiger partial charge >= 0.3 is 0 Å². The van der Waals surface area contributed by atoms with Crippen LogP contribution in [0.4, 0.5) is 0 Å². The number of rotatable bonds is 8. The van der Waals surface area contributed by atoms with Gasteiger partial charge < -0.3 is 4.90 Å². The van der Waals surface area contributed by atoms with Gasteiger partial charge in [-0.1, -0.05) is 35.5 Å². The summed E-state index contributed by atoms with van der Waals surface area (Å²) < 4.78 is 1.50. The molecule has 32 heavy (non-hydrogen) atoms. The number of fused-ring (bicyclic) bond motifs is 1. The minimum Gasteiger partial charge on any atom is -0.340 e. The van der Waals surface area contributed by atoms with Crippen LogP contribution in [0.3, 0.4) is 0 Å². The van der Waals surface area contributed by atoms with Crippen molar-refractivity contribution in [3.05, 3.63) is 63.4 Å². The van der Waals surface area contributed by atoms with E-state index in [4.69, 9.17) is 22.1 Å². The van der Waals surface area contributed by atoms with Gasteiger partial charge in [-0.2, -0.15) is 10.5 Å². The molecule has 0 bridgehead atoms. The van der Waals surface area contributed by atoms with Crippen LogP contribution >= 0.6 is 23.4 Å². The molecule has 0 unspecified atom stereocenters. The third-order valence-electron chi connectivity index (χ3n) is 4.73. The Hall–Kier alpha value is -3.33. The molecule has 9 heteroatoms. The largest absolute Gasteiger partial charge is 0.340 e. The van der Waals surface area contributed by atoms with E-state index in [0.29, 0.717) is 26.8 Å². The SMILES string of the molecule is Cc1cccc(-n2c(SCC(=O)N(CCC#N)CCC#N)nc3cc(Cl)ccc3c2=O)c1. The average molecular weight is 466 g/mol. The number of carbonyl (C=O) groups excluding carboxylic acids is 1. The molecule has 162 valence electrons. The van der Waals surface area contributed by atoms with E-state index in [1.165, 1.54) is 9.47 Å². The molecular formula is C23H20ClN5O2S. The summed E-state index contributed by atoms with van der Waals surface area (Å²) in [4.78, 5) is 32.2. The third kappa shape index (κ3) is 5.47. The van der Waals surface area contributed by atoms with Crippen molar-refractivity contribution in [2.24, 2.45) is 0 Å². The van der Waals surface area contributed by atoms with Gasteiger partial charge in [0.2, 0.25) is 5.91 Å². The Bertz CT molecular complexity index is 1270. The molecule has 1 amide bonds. The second-order valence-corrected chi connectivity index (χ2v) is 8.40. The van der Waals surface area contributed by atoms with Crippen molar-refractivity contribution in [3.8, 4) is 17.8 Å². The Morgan fingerprint density at radius 1 is 1.16 bits per heavy atom. The molecule has 2 aromatic carbocycles. The highest BCUT2D eigenvalue weighted by atomic mass is 35.5. The van der Waals surface area contributed by atoms with E-state index in [1.807, 2.05) is 43.3 Å². The van der Waals surface area contributed by atoms with Gasteiger partial charge in [0, 0.05) is 18.1 Å². The van der Waals surface area contributed by atoms with Gasteiger partial charge in [0.1, 0.15) is 0 Å². The minimum atomic E-state index is -0.252. The monoisotopic (exact) mass is 465 g/mol. The molecule has 0 fully saturated rings. The topological polar surface area (TPSA) is 103 Å². The number of amides is 1. The molecule has 3 rings (SSSR count). The van der Waals surface area contributed by atoms with Crippen LogP contribution in [0.5, 0.6) is 0 Å². The molecule has 1 aromatic heterocycles. The highest BCUT2D eigenvalue weighted by Gasteiger charge is 2.18. The van der Waals surface area contributed by atoms with Crippen molar-refractivity contribution in [1.29, 1.82) is 10.5 Å². The Morgan fingerprint density at radius 2 is 1.88 bits per heavy atom. The van der Waals surface area contributed by atoms with Crippen LogP contribution in [0.2, 0.25) is 5.02 Å². The number of halogens is 1. The smallest absolute Gasteiger partial charge is 0.266 e. The predicted octanol–water partition coefficient (Wildman–Crippen LogP) is 4.10. The van der Waals surface area contributed by atoms with E-state index in [1.54, 1.807) is 18.2 Å². The Balaban J connectivity index is 2.00. The van der Waals surface area contributed by atoms with Crippen molar-refractivity contribution in [2.75, 3.05) is 18.8 Å². The van der Waals surface area contributed by atoms with E-state index in [-0.39, 0.29) is 43.2 Å². The maximum absolute atomic E-state index is 13.3. The number of hydrogen-bond acceptors (Lipinski definition) is 6. The summed E-state index contributed by atoms with van der Waals surface area (Å²) >= 11 is 7.24. The minimum absolute atomic E-state index is 0.0151. The van der Waals surface area contributed by atoms with E-state index < -0.39 is 0 Å². The standard InChI is InChI=1S/C23H20ClN5O2S/c1-16-5-2-6-18(13-16)29-22(31)19-8-7-17(24)14-20(19)27-23(29)32-15-21(30)28(11-3-9-25)12-4-10-26/h2,5-8,13-14H,3-4,11-12,15H2,1H3. The Morgan fingerprint density at radius 3 is 2.53 bits per heavy atom. The first-order valence-electron chi connectivity index (χ1n) is 9.88. The maximum atomic E-state index is 13.3. The van der Waals surface area contributed by atoms with Gasteiger partial charge in [0.15, 0.2) is 5.16 Å². The number of hydrogen-bond donors (Lipinski definition) is 0. The molecule has 7 nitrogen and oxygen atoms in total. The van der Waals surface area contributed by atoms with Crippen LogP contribution in [0.1, 0.15) is 18.4 Å². The summed E-state index contributed by atoms with van der Waals surface area (Å²) in [6, 6.07) is 16.4. The average Bonchev–Trinajstić information content (AvgIpc) is 2.77. The molecule has 0 N–H and O–H groups in total. The molecule has 0 aliphatic heterocycles. The molecule has 0 saturated carbocycles. The number of aryl methyl sites for hydroxylation is 1. The van der Waals surface area contributed by atoms with E-state index in [2.05, 4.69) is 4.98 Å². The lowest BCUT2D eigenvalue weighted by Crippen LogP contribution is -2.34. The van der Waals surface area contributed by atoms with E-state index in [9.17, 15) is 9.59 Å². The fraction of sp³-hybridized carbons (Fsp3) is 0.261. The number of nitriles is 2. The van der Waals surface area contributed by atoms with E-state index >= 15 is 0 Å². The fourth-order valence-corrected chi connectivity index (χ4v) is 4.26. The molecule has 0 aliphatic rings. The number of nitrogens with zero attached hydrogens (tertiary/aromatic N) is 5. The highest BCUT2D eigenvalue weighted by molar-refractivity contribution is 7.99. The van der Waals surface area contributed by atoms with Crippen molar-refractivity contribution in [3.63, 3.8) is 0 Å². The summed E-state index contributed by atoms with van der Waals surface area (Å²) in [5.74, 6) is -0.210. The van der Waals surface area contributed by atoms with Gasteiger partial charge in [-0.3, -0.25) is 14.2 Å². The van der Waals surface area contributed by atoms with Gasteiger partial charge in [0.05, 0.1) is 47.3 Å². The summed E-state index contributed by atoms with van der Waals surface area (Å²) in [7, 11) is 0. The molecule has 0 atom stereocenters. The normalized spacial score (nSPS) is 10.5. The van der Waals surface area contributed by atoms with Crippen LogP contribution in [0.25, 0.3) is 16.6 Å². The van der Waals surface area contributed by atoms with Gasteiger partial charge in [-0.25, -0.2) is 4.98 Å². The highest BCUT2D eigenvalue weighted by Crippen LogP contribution is 2.24. The van der Waals surface area contributed by atoms with Crippen LogP contribution < -0.4 is 5.56 Å². The number of thioether (sulfide) groups is 1. The summed E-state index contributed by atoms with van der Waals surface area (Å²) in [6.07, 6.45) is 0.366. The zero-order chi connectivity index (χ0) is 23.1. The number of benzene rings is 2. The third-order valence-corrected chi connectivity index (χ3v) is 5.88. The Kier molecular flexibility index (Phi) is 7.88. The molecule has 0 aliphatic carbocycles. The molecule has 3 aromatic rings. The van der Waals surface area contributed by atoms with Gasteiger partial charge in [-0.05, 0) is 42.8 Å². The lowest BCUT2D eigenvalue weighted by atomic mass is 10.2. The van der Waals surface area contributed by atoms with Crippen LogP contribution in [-0.4, -0.2) is 39.2 Å². The zero-order valence-electron chi connectivity index (χ0n) is 17.4. The molecule has 0 radical (unpaired) electrons. The zero-order valence-corrected chi connectivity index (χ0v) is 19.0. The first kappa shape index (κ1) is 23.3. The molecular weight excluding hydrogens is 446 g/mol. The lowest BCUT2D eigenvalue weighted by molar-refractivity contribution is -0.128. The number of carbonyl (C=O) groups is 1. The summed E-state index contributed by atoms with van der Waals surface area (Å²) in [6.45, 7) is 2.44. The quantitative estimate of drug-likeness (QED) is 0.366. The molecule has 0 saturated heterocycles. The van der Waals surface area contributed by atoms with Crippen molar-refractivity contribution >= 4 is 40.2 Å². The summed E-state index contributed by atoms with van der Waals surface area (Å²) in [5.41, 5.74) is 1.84. The molecule has 1 heterocycles. The fourth-order valence-electron chi connectivity index (χ4n) is 3.18. The van der Waals surface area contributed by atoms with Crippen molar-refractivity contribution in [1.82, 2.24) is 14.5 Å². The van der Waals surface area contributed by atoms with Crippen molar-refractivity contribution in [2.45, 2.75) is 24.9 Å². The lowest BCUT2D eigenvalue weighted by Gasteiger charge is -2.20.